The molecular weight excluding hydrogens is 264 g/mol. The van der Waals surface area contributed by atoms with Crippen molar-refractivity contribution in [1.82, 2.24) is 10.3 Å². The molecule has 4 nitrogen and oxygen atoms in total. The van der Waals surface area contributed by atoms with Gasteiger partial charge >= 0.3 is 0 Å². The third-order valence-corrected chi connectivity index (χ3v) is 3.09. The number of carbonyl (C=O) groups excluding carboxylic acids is 1. The Kier molecular flexibility index (Phi) is 4.93. The second-order valence-electron chi connectivity index (χ2n) is 5.16. The molecule has 0 aliphatic rings. The van der Waals surface area contributed by atoms with Gasteiger partial charge in [-0.05, 0) is 61.7 Å². The Labute approximate surface area is 125 Å². The van der Waals surface area contributed by atoms with E-state index in [2.05, 4.69) is 16.4 Å². The molecule has 1 N–H and O–H groups in total. The zero-order chi connectivity index (χ0) is 15.2. The third-order valence-electron chi connectivity index (χ3n) is 3.09. The van der Waals surface area contributed by atoms with E-state index in [-0.39, 0.29) is 5.91 Å². The van der Waals surface area contributed by atoms with Crippen LogP contribution in [0.2, 0.25) is 0 Å². The van der Waals surface area contributed by atoms with Gasteiger partial charge in [0.25, 0.3) is 5.91 Å². The average Bonchev–Trinajstić information content (AvgIpc) is 2.44. The van der Waals surface area contributed by atoms with Crippen molar-refractivity contribution in [2.75, 3.05) is 0 Å². The van der Waals surface area contributed by atoms with Crippen molar-refractivity contribution in [1.29, 1.82) is 0 Å². The van der Waals surface area contributed by atoms with Crippen LogP contribution in [0.4, 0.5) is 0 Å². The number of pyridine rings is 1. The SMILES string of the molecule is Cc1cc(C)cc(O[C@@H](C)C(=O)NCc2ccncc2)c1. The summed E-state index contributed by atoms with van der Waals surface area (Å²) in [5, 5.41) is 2.86. The minimum atomic E-state index is -0.534. The van der Waals surface area contributed by atoms with Crippen molar-refractivity contribution in [3.05, 3.63) is 59.4 Å². The zero-order valence-electron chi connectivity index (χ0n) is 12.6. The number of aryl methyl sites for hydroxylation is 2. The van der Waals surface area contributed by atoms with Gasteiger partial charge in [-0.25, -0.2) is 0 Å². The number of nitrogens with one attached hydrogen (secondary N) is 1. The van der Waals surface area contributed by atoms with Crippen molar-refractivity contribution in [2.45, 2.75) is 33.4 Å². The Balaban J connectivity index is 1.90. The predicted molar refractivity (Wildman–Crippen MR) is 82.1 cm³/mol. The number of hydrogen-bond donors (Lipinski definition) is 1. The first-order valence-corrected chi connectivity index (χ1v) is 6.96. The molecule has 1 heterocycles. The van der Waals surface area contributed by atoms with Crippen LogP contribution in [-0.4, -0.2) is 17.0 Å². The lowest BCUT2D eigenvalue weighted by molar-refractivity contribution is -0.127. The van der Waals surface area contributed by atoms with E-state index in [9.17, 15) is 4.79 Å². The molecule has 110 valence electrons. The van der Waals surface area contributed by atoms with Crippen LogP contribution in [0.5, 0.6) is 5.75 Å². The molecule has 0 radical (unpaired) electrons. The van der Waals surface area contributed by atoms with Gasteiger partial charge < -0.3 is 10.1 Å². The van der Waals surface area contributed by atoms with Crippen molar-refractivity contribution >= 4 is 5.91 Å². The number of hydrogen-bond acceptors (Lipinski definition) is 3. The molecule has 0 fully saturated rings. The van der Waals surface area contributed by atoms with Crippen molar-refractivity contribution in [2.24, 2.45) is 0 Å². The van der Waals surface area contributed by atoms with Crippen molar-refractivity contribution in [3.8, 4) is 5.75 Å². The summed E-state index contributed by atoms with van der Waals surface area (Å²) in [5.74, 6) is 0.588. The Morgan fingerprint density at radius 3 is 2.43 bits per heavy atom. The van der Waals surface area contributed by atoms with Gasteiger partial charge in [-0.3, -0.25) is 9.78 Å². The Morgan fingerprint density at radius 1 is 1.19 bits per heavy atom. The molecule has 2 rings (SSSR count). The summed E-state index contributed by atoms with van der Waals surface area (Å²) in [5.41, 5.74) is 3.25. The highest BCUT2D eigenvalue weighted by Gasteiger charge is 2.14. The number of benzene rings is 1. The van der Waals surface area contributed by atoms with Crippen LogP contribution in [0.15, 0.2) is 42.7 Å². The van der Waals surface area contributed by atoms with Gasteiger partial charge in [-0.1, -0.05) is 6.07 Å². The summed E-state index contributed by atoms with van der Waals surface area (Å²) in [7, 11) is 0. The molecule has 1 aromatic heterocycles. The van der Waals surface area contributed by atoms with E-state index in [0.717, 1.165) is 22.4 Å². The quantitative estimate of drug-likeness (QED) is 0.918. The van der Waals surface area contributed by atoms with E-state index >= 15 is 0 Å². The monoisotopic (exact) mass is 284 g/mol. The molecule has 0 aliphatic carbocycles. The van der Waals surface area contributed by atoms with Gasteiger partial charge in [-0.2, -0.15) is 0 Å². The van der Waals surface area contributed by atoms with E-state index in [0.29, 0.717) is 6.54 Å². The van der Waals surface area contributed by atoms with E-state index in [1.165, 1.54) is 0 Å². The first-order chi connectivity index (χ1) is 10.0. The number of nitrogens with zero attached hydrogens (tertiary/aromatic N) is 1. The minimum absolute atomic E-state index is 0.133. The van der Waals surface area contributed by atoms with Gasteiger partial charge in [0.15, 0.2) is 6.10 Å². The van der Waals surface area contributed by atoms with Crippen LogP contribution >= 0.6 is 0 Å². The maximum absolute atomic E-state index is 12.0. The maximum Gasteiger partial charge on any atom is 0.261 e. The van der Waals surface area contributed by atoms with Gasteiger partial charge in [0.2, 0.25) is 0 Å². The molecule has 1 atom stereocenters. The fourth-order valence-corrected chi connectivity index (χ4v) is 2.09. The average molecular weight is 284 g/mol. The standard InChI is InChI=1S/C17H20N2O2/c1-12-8-13(2)10-16(9-12)21-14(3)17(20)19-11-15-4-6-18-7-5-15/h4-10,14H,11H2,1-3H3,(H,19,20)/t14-/m0/s1. The van der Waals surface area contributed by atoms with E-state index in [1.807, 2.05) is 38.1 Å². The fraction of sp³-hybridized carbons (Fsp3) is 0.294. The van der Waals surface area contributed by atoms with Crippen LogP contribution < -0.4 is 10.1 Å². The first-order valence-electron chi connectivity index (χ1n) is 6.96. The number of ether oxygens (including phenoxy) is 1. The van der Waals surface area contributed by atoms with Crippen LogP contribution in [0.25, 0.3) is 0 Å². The molecule has 0 bridgehead atoms. The molecule has 0 saturated carbocycles. The Bertz CT molecular complexity index is 591. The number of amides is 1. The van der Waals surface area contributed by atoms with Crippen LogP contribution in [0, 0.1) is 13.8 Å². The van der Waals surface area contributed by atoms with E-state index < -0.39 is 6.10 Å². The highest BCUT2D eigenvalue weighted by molar-refractivity contribution is 5.80. The van der Waals surface area contributed by atoms with Crippen LogP contribution in [0.1, 0.15) is 23.6 Å². The molecule has 0 spiro atoms. The zero-order valence-corrected chi connectivity index (χ0v) is 12.6. The van der Waals surface area contributed by atoms with E-state index in [4.69, 9.17) is 4.74 Å². The van der Waals surface area contributed by atoms with Crippen LogP contribution in [-0.2, 0) is 11.3 Å². The van der Waals surface area contributed by atoms with Crippen molar-refractivity contribution in [3.63, 3.8) is 0 Å². The highest BCUT2D eigenvalue weighted by Crippen LogP contribution is 2.17. The van der Waals surface area contributed by atoms with E-state index in [1.54, 1.807) is 19.3 Å². The summed E-state index contributed by atoms with van der Waals surface area (Å²) in [6, 6.07) is 9.67. The molecule has 0 unspecified atom stereocenters. The molecule has 1 aromatic carbocycles. The number of aromatic nitrogens is 1. The summed E-state index contributed by atoms with van der Waals surface area (Å²) in [6.45, 7) is 6.24. The molecular formula is C17H20N2O2. The topological polar surface area (TPSA) is 51.2 Å². The lowest BCUT2D eigenvalue weighted by Gasteiger charge is -2.15. The Hall–Kier alpha value is -2.36. The van der Waals surface area contributed by atoms with Crippen molar-refractivity contribution < 1.29 is 9.53 Å². The molecule has 2 aromatic rings. The van der Waals surface area contributed by atoms with Gasteiger partial charge in [0, 0.05) is 18.9 Å². The normalized spacial score (nSPS) is 11.8. The lowest BCUT2D eigenvalue weighted by Crippen LogP contribution is -2.35. The molecule has 0 aliphatic heterocycles. The molecule has 0 saturated heterocycles. The fourth-order valence-electron chi connectivity index (χ4n) is 2.09. The first kappa shape index (κ1) is 15.0. The molecule has 4 heteroatoms. The summed E-state index contributed by atoms with van der Waals surface area (Å²) in [4.78, 5) is 16.0. The summed E-state index contributed by atoms with van der Waals surface area (Å²) in [6.07, 6.45) is 2.88. The second kappa shape index (κ2) is 6.88. The minimum Gasteiger partial charge on any atom is -0.481 e. The van der Waals surface area contributed by atoms with Crippen LogP contribution in [0.3, 0.4) is 0 Å². The number of rotatable bonds is 5. The van der Waals surface area contributed by atoms with Gasteiger partial charge in [-0.15, -0.1) is 0 Å². The predicted octanol–water partition coefficient (Wildman–Crippen LogP) is 2.78. The largest absolute Gasteiger partial charge is 0.481 e. The second-order valence-corrected chi connectivity index (χ2v) is 5.16. The van der Waals surface area contributed by atoms with Gasteiger partial charge in [0.1, 0.15) is 5.75 Å². The summed E-state index contributed by atoms with van der Waals surface area (Å²) < 4.78 is 5.70. The Morgan fingerprint density at radius 2 is 1.81 bits per heavy atom. The lowest BCUT2D eigenvalue weighted by atomic mass is 10.1. The number of carbonyl (C=O) groups is 1. The summed E-state index contributed by atoms with van der Waals surface area (Å²) >= 11 is 0. The molecule has 1 amide bonds. The molecule has 21 heavy (non-hydrogen) atoms. The third kappa shape index (κ3) is 4.60. The highest BCUT2D eigenvalue weighted by atomic mass is 16.5. The maximum atomic E-state index is 12.0. The van der Waals surface area contributed by atoms with Gasteiger partial charge in [0.05, 0.1) is 0 Å². The smallest absolute Gasteiger partial charge is 0.261 e.